The summed E-state index contributed by atoms with van der Waals surface area (Å²) in [4.78, 5) is 0. The van der Waals surface area contributed by atoms with E-state index in [0.717, 1.165) is 0 Å². The fraction of sp³-hybridized carbons (Fsp3) is 1.00. The third-order valence-corrected chi connectivity index (χ3v) is 3.19. The first kappa shape index (κ1) is 17.5. The van der Waals surface area contributed by atoms with Crippen LogP contribution in [0.1, 0.15) is 52.4 Å². The van der Waals surface area contributed by atoms with Gasteiger partial charge < -0.3 is 13.3 Å². The van der Waals surface area contributed by atoms with Crippen molar-refractivity contribution in [3.8, 4) is 0 Å². The van der Waals surface area contributed by atoms with Gasteiger partial charge in [-0.25, -0.2) is 0 Å². The first-order valence-corrected chi connectivity index (χ1v) is 7.26. The number of hydrogen-bond acceptors (Lipinski definition) is 3. The van der Waals surface area contributed by atoms with Crippen molar-refractivity contribution in [2.24, 2.45) is 0 Å². The van der Waals surface area contributed by atoms with Gasteiger partial charge in [0, 0.05) is 21.3 Å². The molecule has 4 heteroatoms. The third kappa shape index (κ3) is 16.8. The van der Waals surface area contributed by atoms with Crippen molar-refractivity contribution in [1.82, 2.24) is 0 Å². The lowest BCUT2D eigenvalue weighted by molar-refractivity contribution is 0.163. The molecule has 0 unspecified atom stereocenters. The summed E-state index contributed by atoms with van der Waals surface area (Å²) in [5.74, 6) is 0. The Kier molecular flexibility index (Phi) is 19.3. The summed E-state index contributed by atoms with van der Waals surface area (Å²) >= 11 is 0. The van der Waals surface area contributed by atoms with Crippen molar-refractivity contribution in [2.45, 2.75) is 52.4 Å². The van der Waals surface area contributed by atoms with E-state index < -0.39 is 9.53 Å². The molecule has 0 amide bonds. The van der Waals surface area contributed by atoms with E-state index in [9.17, 15) is 0 Å². The summed E-state index contributed by atoms with van der Waals surface area (Å²) in [6.07, 6.45) is 8.49. The molecule has 3 nitrogen and oxygen atoms in total. The minimum absolute atomic E-state index is 1.36. The Hall–Kier alpha value is 0.0969. The molecule has 0 atom stereocenters. The Morgan fingerprint density at radius 3 is 1.13 bits per heavy atom. The molecule has 0 fully saturated rings. The zero-order chi connectivity index (χ0) is 11.9. The molecule has 0 radical (unpaired) electrons. The van der Waals surface area contributed by atoms with Crippen LogP contribution in [-0.2, 0) is 13.3 Å². The van der Waals surface area contributed by atoms with Crippen LogP contribution in [0.5, 0.6) is 0 Å². The van der Waals surface area contributed by atoms with Crippen LogP contribution in [0, 0.1) is 0 Å². The molecular formula is C11H28O3Si. The van der Waals surface area contributed by atoms with E-state index in [2.05, 4.69) is 13.8 Å². The summed E-state index contributed by atoms with van der Waals surface area (Å²) in [6.45, 7) is 4.51. The predicted octanol–water partition coefficient (Wildman–Crippen LogP) is 3.01. The average molecular weight is 236 g/mol. The van der Waals surface area contributed by atoms with Gasteiger partial charge >= 0.3 is 9.53 Å². The van der Waals surface area contributed by atoms with Crippen LogP contribution in [0.25, 0.3) is 0 Å². The van der Waals surface area contributed by atoms with E-state index >= 15 is 0 Å². The van der Waals surface area contributed by atoms with Gasteiger partial charge in [-0.15, -0.1) is 0 Å². The second kappa shape index (κ2) is 16.5. The average Bonchev–Trinajstić information content (AvgIpc) is 2.28. The van der Waals surface area contributed by atoms with Crippen LogP contribution >= 0.6 is 0 Å². The summed E-state index contributed by atoms with van der Waals surface area (Å²) < 4.78 is 14.2. The standard InChI is InChI=1S/C8H18.C3H10O3Si/c1-3-5-7-8-6-4-2;1-4-7(5-2)6-3/h3-8H2,1-2H3;7H,1-3H3. The quantitative estimate of drug-likeness (QED) is 0.479. The van der Waals surface area contributed by atoms with Crippen molar-refractivity contribution in [1.29, 1.82) is 0 Å². The number of rotatable bonds is 8. The Labute approximate surface area is 97.1 Å². The Balaban J connectivity index is 0. The first-order valence-electron chi connectivity index (χ1n) is 5.85. The summed E-state index contributed by atoms with van der Waals surface area (Å²) in [7, 11) is 3.05. The molecule has 0 aliphatic carbocycles. The highest BCUT2D eigenvalue weighted by atomic mass is 28.3. The predicted molar refractivity (Wildman–Crippen MR) is 67.2 cm³/mol. The van der Waals surface area contributed by atoms with Gasteiger partial charge in [0.05, 0.1) is 0 Å². The van der Waals surface area contributed by atoms with Crippen molar-refractivity contribution in [3.05, 3.63) is 0 Å². The fourth-order valence-corrected chi connectivity index (χ4v) is 1.72. The molecule has 0 aromatic heterocycles. The summed E-state index contributed by atoms with van der Waals surface area (Å²) in [5.41, 5.74) is 0. The van der Waals surface area contributed by atoms with Gasteiger partial charge in [0.25, 0.3) is 0 Å². The highest BCUT2D eigenvalue weighted by molar-refractivity contribution is 6.36. The van der Waals surface area contributed by atoms with E-state index in [1.54, 1.807) is 21.3 Å². The molecule has 0 N–H and O–H groups in total. The van der Waals surface area contributed by atoms with E-state index in [-0.39, 0.29) is 0 Å². The van der Waals surface area contributed by atoms with E-state index in [1.165, 1.54) is 38.5 Å². The summed E-state index contributed by atoms with van der Waals surface area (Å²) in [6, 6.07) is 0. The highest BCUT2D eigenvalue weighted by Crippen LogP contribution is 2.03. The first-order chi connectivity index (χ1) is 7.26. The second-order valence-corrected chi connectivity index (χ2v) is 5.40. The maximum Gasteiger partial charge on any atom is 0.483 e. The molecular weight excluding hydrogens is 208 g/mol. The molecule has 0 heterocycles. The maximum atomic E-state index is 4.74. The smallest absolute Gasteiger partial charge is 0.379 e. The van der Waals surface area contributed by atoms with Crippen LogP contribution in [0.3, 0.4) is 0 Å². The van der Waals surface area contributed by atoms with Gasteiger partial charge in [-0.3, -0.25) is 0 Å². The van der Waals surface area contributed by atoms with Crippen LogP contribution in [0.2, 0.25) is 0 Å². The minimum atomic E-state index is -1.67. The molecule has 0 aromatic rings. The van der Waals surface area contributed by atoms with Crippen LogP contribution in [-0.4, -0.2) is 30.9 Å². The lowest BCUT2D eigenvalue weighted by Gasteiger charge is -2.05. The van der Waals surface area contributed by atoms with Gasteiger partial charge in [0.1, 0.15) is 0 Å². The van der Waals surface area contributed by atoms with Gasteiger partial charge in [-0.05, 0) is 0 Å². The topological polar surface area (TPSA) is 27.7 Å². The van der Waals surface area contributed by atoms with Crippen LogP contribution < -0.4 is 0 Å². The highest BCUT2D eigenvalue weighted by Gasteiger charge is 2.04. The maximum absolute atomic E-state index is 4.74. The Morgan fingerprint density at radius 2 is 1.00 bits per heavy atom. The van der Waals surface area contributed by atoms with Gasteiger partial charge in [-0.2, -0.15) is 0 Å². The van der Waals surface area contributed by atoms with E-state index in [0.29, 0.717) is 0 Å². The number of hydrogen-bond donors (Lipinski definition) is 0. The molecule has 0 bridgehead atoms. The molecule has 0 rings (SSSR count). The van der Waals surface area contributed by atoms with Crippen molar-refractivity contribution in [2.75, 3.05) is 21.3 Å². The number of unbranched alkanes of at least 4 members (excludes halogenated alkanes) is 5. The van der Waals surface area contributed by atoms with Crippen molar-refractivity contribution < 1.29 is 13.3 Å². The molecule has 0 saturated heterocycles. The lowest BCUT2D eigenvalue weighted by atomic mass is 10.1. The normalized spacial score (nSPS) is 10.0. The molecule has 0 aliphatic rings. The zero-order valence-corrected chi connectivity index (χ0v) is 12.2. The fourth-order valence-electron chi connectivity index (χ4n) is 1.14. The summed E-state index contributed by atoms with van der Waals surface area (Å²) in [5, 5.41) is 0. The van der Waals surface area contributed by atoms with Gasteiger partial charge in [-0.1, -0.05) is 52.4 Å². The van der Waals surface area contributed by atoms with Crippen LogP contribution in [0.15, 0.2) is 0 Å². The van der Waals surface area contributed by atoms with Gasteiger partial charge in [0.2, 0.25) is 0 Å². The molecule has 0 spiro atoms. The van der Waals surface area contributed by atoms with E-state index in [1.807, 2.05) is 0 Å². The largest absolute Gasteiger partial charge is 0.483 e. The molecule has 94 valence electrons. The minimum Gasteiger partial charge on any atom is -0.379 e. The Bertz CT molecular complexity index is 86.3. The molecule has 0 saturated carbocycles. The second-order valence-electron chi connectivity index (χ2n) is 3.41. The monoisotopic (exact) mass is 236 g/mol. The van der Waals surface area contributed by atoms with Crippen LogP contribution in [0.4, 0.5) is 0 Å². The van der Waals surface area contributed by atoms with Gasteiger partial charge in [0.15, 0.2) is 0 Å². The lowest BCUT2D eigenvalue weighted by Crippen LogP contribution is -2.21. The molecule has 15 heavy (non-hydrogen) atoms. The zero-order valence-electron chi connectivity index (χ0n) is 11.0. The molecule has 0 aromatic carbocycles. The Morgan fingerprint density at radius 1 is 0.667 bits per heavy atom. The van der Waals surface area contributed by atoms with E-state index in [4.69, 9.17) is 13.3 Å². The molecule has 0 aliphatic heterocycles. The third-order valence-electron chi connectivity index (χ3n) is 2.03. The van der Waals surface area contributed by atoms with Crippen molar-refractivity contribution in [3.63, 3.8) is 0 Å². The van der Waals surface area contributed by atoms with Crippen molar-refractivity contribution >= 4 is 9.53 Å². The SMILES string of the molecule is CCCCCCCC.CO[SiH](OC)OC.